The predicted octanol–water partition coefficient (Wildman–Crippen LogP) is -7.43. The minimum atomic E-state index is -1.91. The van der Waals surface area contributed by atoms with Crippen molar-refractivity contribution in [1.29, 1.82) is 0 Å². The Morgan fingerprint density at radius 3 is 1.70 bits per heavy atom. The van der Waals surface area contributed by atoms with Gasteiger partial charge in [-0.2, -0.15) is 0 Å². The van der Waals surface area contributed by atoms with Crippen molar-refractivity contribution in [3.05, 3.63) is 0 Å². The van der Waals surface area contributed by atoms with Crippen LogP contribution in [0.4, 0.5) is 0 Å². The lowest BCUT2D eigenvalue weighted by molar-refractivity contribution is -0.375. The second-order valence-corrected chi connectivity index (χ2v) is 9.07. The third-order valence-electron chi connectivity index (χ3n) is 6.50. The van der Waals surface area contributed by atoms with Crippen LogP contribution in [0, 0.1) is 0 Å². The number of nitrogens with one attached hydrogen (secondary N) is 1. The van der Waals surface area contributed by atoms with Crippen LogP contribution in [0.5, 0.6) is 0 Å². The highest BCUT2D eigenvalue weighted by Gasteiger charge is 2.53. The number of hydrogen-bond donors (Lipinski definition) is 11. The predicted molar refractivity (Wildman–Crippen MR) is 113 cm³/mol. The van der Waals surface area contributed by atoms with Crippen LogP contribution in [0.1, 0.15) is 6.92 Å². The summed E-state index contributed by atoms with van der Waals surface area (Å²) in [6.45, 7) is -1.23. The van der Waals surface area contributed by atoms with Gasteiger partial charge in [0.1, 0.15) is 73.2 Å². The summed E-state index contributed by atoms with van der Waals surface area (Å²) < 4.78 is 26.9. The smallest absolute Gasteiger partial charge is 0.217 e. The zero-order chi connectivity index (χ0) is 27.6. The Balaban J connectivity index is 1.80. The molecule has 3 rings (SSSR count). The van der Waals surface area contributed by atoms with Crippen molar-refractivity contribution in [3.8, 4) is 0 Å². The van der Waals surface area contributed by atoms with Gasteiger partial charge in [0, 0.05) is 6.92 Å². The van der Waals surface area contributed by atoms with Gasteiger partial charge in [-0.15, -0.1) is 0 Å². The van der Waals surface area contributed by atoms with E-state index in [-0.39, 0.29) is 0 Å². The highest BCUT2D eigenvalue weighted by molar-refractivity contribution is 5.73. The van der Waals surface area contributed by atoms with Gasteiger partial charge in [0.2, 0.25) is 5.91 Å². The summed E-state index contributed by atoms with van der Waals surface area (Å²) in [6, 6.07) is -1.40. The molecule has 0 aromatic rings. The molecule has 1 amide bonds. The van der Waals surface area contributed by atoms with Gasteiger partial charge in [0.15, 0.2) is 18.9 Å². The summed E-state index contributed by atoms with van der Waals surface area (Å²) in [5.74, 6) is -0.627. The third-order valence-corrected chi connectivity index (χ3v) is 6.50. The molecule has 3 aliphatic heterocycles. The van der Waals surface area contributed by atoms with E-state index in [1.807, 2.05) is 0 Å². The fourth-order valence-electron chi connectivity index (χ4n) is 4.46. The van der Waals surface area contributed by atoms with E-state index in [4.69, 9.17) is 23.7 Å². The van der Waals surface area contributed by atoms with Gasteiger partial charge in [-0.3, -0.25) is 4.79 Å². The van der Waals surface area contributed by atoms with Crippen LogP contribution < -0.4 is 5.32 Å². The van der Waals surface area contributed by atoms with Gasteiger partial charge < -0.3 is 80.1 Å². The van der Waals surface area contributed by atoms with E-state index in [1.54, 1.807) is 0 Å². The Labute approximate surface area is 210 Å². The Kier molecular flexibility index (Phi) is 10.5. The first-order valence-corrected chi connectivity index (χ1v) is 11.6. The Bertz CT molecular complexity index is 745. The number of aliphatic hydroxyl groups excluding tert-OH is 10. The van der Waals surface area contributed by atoms with E-state index in [0.717, 1.165) is 6.92 Å². The Morgan fingerprint density at radius 1 is 0.649 bits per heavy atom. The highest BCUT2D eigenvalue weighted by Crippen LogP contribution is 2.32. The average Bonchev–Trinajstić information content (AvgIpc) is 2.86. The number of hydrogen-bond acceptors (Lipinski definition) is 16. The minimum Gasteiger partial charge on any atom is -0.394 e. The molecular formula is C20H35NO16. The summed E-state index contributed by atoms with van der Waals surface area (Å²) in [5, 5.41) is 103. The van der Waals surface area contributed by atoms with Gasteiger partial charge in [0.25, 0.3) is 0 Å². The molecule has 3 aliphatic rings. The van der Waals surface area contributed by atoms with E-state index in [1.165, 1.54) is 0 Å². The van der Waals surface area contributed by atoms with E-state index in [0.29, 0.717) is 0 Å². The molecule has 1 unspecified atom stereocenters. The fourth-order valence-corrected chi connectivity index (χ4v) is 4.46. The zero-order valence-electron chi connectivity index (χ0n) is 19.7. The van der Waals surface area contributed by atoms with Gasteiger partial charge >= 0.3 is 0 Å². The molecule has 15 atom stereocenters. The summed E-state index contributed by atoms with van der Waals surface area (Å²) in [7, 11) is 0. The van der Waals surface area contributed by atoms with Crippen LogP contribution >= 0.6 is 0 Å². The topological polar surface area (TPSA) is 278 Å². The summed E-state index contributed by atoms with van der Waals surface area (Å²) in [6.07, 6.45) is -23.4. The number of aliphatic hydroxyl groups is 10. The first-order chi connectivity index (χ1) is 17.4. The van der Waals surface area contributed by atoms with Crippen molar-refractivity contribution in [2.24, 2.45) is 0 Å². The van der Waals surface area contributed by atoms with E-state index in [2.05, 4.69) is 5.32 Å². The van der Waals surface area contributed by atoms with Crippen molar-refractivity contribution in [2.75, 3.05) is 19.8 Å². The number of carbonyl (C=O) groups is 1. The molecule has 0 aromatic carbocycles. The maximum Gasteiger partial charge on any atom is 0.217 e. The first-order valence-electron chi connectivity index (χ1n) is 11.6. The molecule has 0 saturated carbocycles. The molecule has 37 heavy (non-hydrogen) atoms. The fraction of sp³-hybridized carbons (Fsp3) is 0.950. The molecule has 216 valence electrons. The monoisotopic (exact) mass is 545 g/mol. The van der Waals surface area contributed by atoms with Crippen molar-refractivity contribution in [3.63, 3.8) is 0 Å². The molecule has 3 saturated heterocycles. The van der Waals surface area contributed by atoms with E-state index in [9.17, 15) is 55.9 Å². The lowest BCUT2D eigenvalue weighted by atomic mass is 9.95. The van der Waals surface area contributed by atoms with Crippen LogP contribution in [-0.2, 0) is 28.5 Å². The molecule has 3 fully saturated rings. The molecule has 0 spiro atoms. The normalized spacial score (nSPS) is 49.0. The lowest BCUT2D eigenvalue weighted by Gasteiger charge is -2.48. The number of amides is 1. The van der Waals surface area contributed by atoms with Crippen molar-refractivity contribution in [2.45, 2.75) is 99.0 Å². The van der Waals surface area contributed by atoms with E-state index < -0.39 is 118 Å². The number of carbonyl (C=O) groups excluding carboxylic acids is 1. The molecular weight excluding hydrogens is 510 g/mol. The molecule has 0 radical (unpaired) electrons. The molecule has 11 N–H and O–H groups in total. The van der Waals surface area contributed by atoms with Crippen LogP contribution in [0.3, 0.4) is 0 Å². The van der Waals surface area contributed by atoms with Crippen LogP contribution in [0.2, 0.25) is 0 Å². The maximum atomic E-state index is 11.5. The van der Waals surface area contributed by atoms with Crippen molar-refractivity contribution in [1.82, 2.24) is 5.32 Å². The molecule has 17 nitrogen and oxygen atoms in total. The van der Waals surface area contributed by atoms with Crippen LogP contribution in [0.25, 0.3) is 0 Å². The number of ether oxygens (including phenoxy) is 5. The quantitative estimate of drug-likeness (QED) is 0.135. The number of rotatable bonds is 8. The maximum absolute atomic E-state index is 11.5. The van der Waals surface area contributed by atoms with Gasteiger partial charge in [-0.05, 0) is 0 Å². The Hall–Kier alpha value is -1.13. The summed E-state index contributed by atoms with van der Waals surface area (Å²) >= 11 is 0. The van der Waals surface area contributed by atoms with Gasteiger partial charge in [-0.25, -0.2) is 0 Å². The zero-order valence-corrected chi connectivity index (χ0v) is 19.7. The highest BCUT2D eigenvalue weighted by atomic mass is 16.7. The van der Waals surface area contributed by atoms with Gasteiger partial charge in [0.05, 0.1) is 19.8 Å². The second-order valence-electron chi connectivity index (χ2n) is 9.07. The van der Waals surface area contributed by atoms with E-state index >= 15 is 0 Å². The van der Waals surface area contributed by atoms with Crippen LogP contribution in [0.15, 0.2) is 0 Å². The van der Waals surface area contributed by atoms with Crippen molar-refractivity contribution >= 4 is 5.91 Å². The summed E-state index contributed by atoms with van der Waals surface area (Å²) in [5.41, 5.74) is 0. The Morgan fingerprint density at radius 2 is 1.16 bits per heavy atom. The van der Waals surface area contributed by atoms with Gasteiger partial charge in [-0.1, -0.05) is 0 Å². The largest absolute Gasteiger partial charge is 0.394 e. The average molecular weight is 545 g/mol. The summed E-state index contributed by atoms with van der Waals surface area (Å²) in [4.78, 5) is 11.5. The third kappa shape index (κ3) is 6.38. The second kappa shape index (κ2) is 12.8. The SMILES string of the molecule is CC(=O)N[C@H]1C(O)O[C@H](CO)[C@@H](O[C@H]2O[C@H](CO)[C@H](O)[C@H](O[C@H]3O[C@H](CO)[C@H](O)[C@H](O)[C@H]3O)[C@H]2O)[C@@H]1O. The molecule has 3 heterocycles. The standard InChI is InChI=1S/C20H35NO16/c1-5(25)21-9-12(28)16(8(4-24)33-18(9)32)36-20-15(31)17(11(27)7(3-23)35-20)37-19-14(30)13(29)10(26)6(2-22)34-19/h6-20,22-24,26-32H,2-4H2,1H3,(H,21,25)/t6-,7-,8-,9-,10+,11+,12-,13+,14-,15-,16-,17+,18?,19-,20-/m1/s1. The molecule has 0 aliphatic carbocycles. The minimum absolute atomic E-state index is 0.627. The molecule has 17 heteroatoms. The van der Waals surface area contributed by atoms with Crippen LogP contribution in [-0.4, -0.2) is 169 Å². The lowest BCUT2D eigenvalue weighted by Crippen LogP contribution is -2.68. The molecule has 0 aromatic heterocycles. The molecule has 0 bridgehead atoms. The van der Waals surface area contributed by atoms with Crippen molar-refractivity contribution < 1.29 is 79.5 Å². The first kappa shape index (κ1) is 30.4.